The number of urea groups is 1. The van der Waals surface area contributed by atoms with Gasteiger partial charge < -0.3 is 4.74 Å². The van der Waals surface area contributed by atoms with Gasteiger partial charge in [0.2, 0.25) is 0 Å². The number of rotatable bonds is 5. The van der Waals surface area contributed by atoms with Gasteiger partial charge in [0.15, 0.2) is 5.75 Å². The summed E-state index contributed by atoms with van der Waals surface area (Å²) in [6, 6.07) is 9.50. The van der Waals surface area contributed by atoms with Crippen molar-refractivity contribution in [1.82, 2.24) is 5.32 Å². The van der Waals surface area contributed by atoms with Crippen LogP contribution >= 0.6 is 27.5 Å². The number of ether oxygens (including phenoxy) is 1. The average molecular weight is 478 g/mol. The molecule has 3 rings (SSSR count). The van der Waals surface area contributed by atoms with Gasteiger partial charge in [-0.05, 0) is 70.7 Å². The van der Waals surface area contributed by atoms with Gasteiger partial charge in [-0.2, -0.15) is 0 Å². The van der Waals surface area contributed by atoms with E-state index >= 15 is 0 Å². The second-order valence-corrected chi connectivity index (χ2v) is 7.49. The number of carbonyl (C=O) groups is 3. The van der Waals surface area contributed by atoms with Crippen LogP contribution in [-0.4, -0.2) is 24.5 Å². The lowest BCUT2D eigenvalue weighted by Gasteiger charge is -2.26. The van der Waals surface area contributed by atoms with Crippen molar-refractivity contribution in [2.75, 3.05) is 11.5 Å². The summed E-state index contributed by atoms with van der Waals surface area (Å²) < 4.78 is 6.05. The molecule has 2 aromatic rings. The number of nitrogens with one attached hydrogen (secondary N) is 1. The molecule has 0 aliphatic carbocycles. The zero-order valence-electron chi connectivity index (χ0n) is 15.8. The first kappa shape index (κ1) is 21.1. The lowest BCUT2D eigenvalue weighted by molar-refractivity contribution is -0.122. The second kappa shape index (κ2) is 8.80. The van der Waals surface area contributed by atoms with Crippen LogP contribution in [-0.2, 0) is 16.0 Å². The van der Waals surface area contributed by atoms with Crippen molar-refractivity contribution in [3.8, 4) is 5.75 Å². The minimum absolute atomic E-state index is 0.170. The largest absolute Gasteiger partial charge is 0.491 e. The zero-order chi connectivity index (χ0) is 21.1. The van der Waals surface area contributed by atoms with Gasteiger partial charge in [0.25, 0.3) is 11.8 Å². The van der Waals surface area contributed by atoms with Gasteiger partial charge in [0.05, 0.1) is 21.8 Å². The topological polar surface area (TPSA) is 75.7 Å². The van der Waals surface area contributed by atoms with Gasteiger partial charge in [0.1, 0.15) is 5.57 Å². The van der Waals surface area contributed by atoms with Gasteiger partial charge in [-0.1, -0.05) is 30.7 Å². The Hall–Kier alpha value is -2.64. The van der Waals surface area contributed by atoms with Crippen LogP contribution in [0.5, 0.6) is 5.75 Å². The molecule has 0 bridgehead atoms. The summed E-state index contributed by atoms with van der Waals surface area (Å²) in [7, 11) is 0. The first-order valence-corrected chi connectivity index (χ1v) is 10.1. The summed E-state index contributed by atoms with van der Waals surface area (Å²) in [5.41, 5.74) is 1.80. The lowest BCUT2D eigenvalue weighted by Crippen LogP contribution is -2.54. The number of hydrogen-bond acceptors (Lipinski definition) is 4. The molecule has 0 aromatic heterocycles. The highest BCUT2D eigenvalue weighted by Gasteiger charge is 2.36. The van der Waals surface area contributed by atoms with E-state index in [9.17, 15) is 14.4 Å². The van der Waals surface area contributed by atoms with Crippen molar-refractivity contribution in [3.05, 3.63) is 62.6 Å². The summed E-state index contributed by atoms with van der Waals surface area (Å²) in [5, 5.41) is 2.54. The lowest BCUT2D eigenvalue weighted by atomic mass is 10.1. The number of carbonyl (C=O) groups excluding carboxylic acids is 3. The maximum atomic E-state index is 13.0. The molecule has 8 heteroatoms. The van der Waals surface area contributed by atoms with Crippen molar-refractivity contribution >= 4 is 57.1 Å². The molecule has 1 fully saturated rings. The van der Waals surface area contributed by atoms with Gasteiger partial charge in [0, 0.05) is 0 Å². The Labute approximate surface area is 181 Å². The van der Waals surface area contributed by atoms with E-state index in [1.807, 2.05) is 26.0 Å². The van der Waals surface area contributed by atoms with E-state index in [0.29, 0.717) is 33.1 Å². The number of amides is 4. The third-order valence-electron chi connectivity index (χ3n) is 4.32. The minimum Gasteiger partial charge on any atom is -0.491 e. The highest BCUT2D eigenvalue weighted by Crippen LogP contribution is 2.35. The molecule has 4 amide bonds. The van der Waals surface area contributed by atoms with E-state index in [2.05, 4.69) is 21.2 Å². The predicted molar refractivity (Wildman–Crippen MR) is 115 cm³/mol. The van der Waals surface area contributed by atoms with Crippen LogP contribution in [0.1, 0.15) is 25.0 Å². The van der Waals surface area contributed by atoms with Crippen LogP contribution < -0.4 is 15.0 Å². The summed E-state index contributed by atoms with van der Waals surface area (Å²) >= 11 is 9.62. The van der Waals surface area contributed by atoms with E-state index in [1.165, 1.54) is 6.08 Å². The molecule has 1 heterocycles. The van der Waals surface area contributed by atoms with E-state index in [4.69, 9.17) is 16.3 Å². The number of barbiturate groups is 1. The second-order valence-electron chi connectivity index (χ2n) is 6.22. The minimum atomic E-state index is -0.785. The van der Waals surface area contributed by atoms with Crippen molar-refractivity contribution in [2.24, 2.45) is 0 Å². The van der Waals surface area contributed by atoms with E-state index in [-0.39, 0.29) is 5.57 Å². The average Bonchev–Trinajstić information content (AvgIpc) is 2.68. The van der Waals surface area contributed by atoms with Crippen LogP contribution in [0.3, 0.4) is 0 Å². The molecule has 150 valence electrons. The van der Waals surface area contributed by atoms with Crippen LogP contribution in [0.2, 0.25) is 5.02 Å². The Balaban J connectivity index is 1.99. The number of nitrogens with zero attached hydrogens (tertiary/aromatic N) is 1. The molecule has 0 unspecified atom stereocenters. The fourth-order valence-electron chi connectivity index (χ4n) is 2.88. The van der Waals surface area contributed by atoms with E-state index in [0.717, 1.165) is 16.9 Å². The Morgan fingerprint density at radius 2 is 1.83 bits per heavy atom. The molecule has 6 nitrogen and oxygen atoms in total. The van der Waals surface area contributed by atoms with Crippen molar-refractivity contribution < 1.29 is 19.1 Å². The number of benzene rings is 2. The maximum absolute atomic E-state index is 13.0. The monoisotopic (exact) mass is 476 g/mol. The quantitative estimate of drug-likeness (QED) is 0.499. The number of anilines is 1. The molecule has 1 aliphatic heterocycles. The third-order valence-corrected chi connectivity index (χ3v) is 5.19. The van der Waals surface area contributed by atoms with Crippen molar-refractivity contribution in [3.63, 3.8) is 0 Å². The summed E-state index contributed by atoms with van der Waals surface area (Å²) in [5.74, 6) is -0.991. The Bertz CT molecular complexity index is 995. The molecule has 1 N–H and O–H groups in total. The van der Waals surface area contributed by atoms with Crippen molar-refractivity contribution in [1.29, 1.82) is 0 Å². The molecule has 1 saturated heterocycles. The van der Waals surface area contributed by atoms with Crippen LogP contribution in [0, 0.1) is 0 Å². The zero-order valence-corrected chi connectivity index (χ0v) is 18.1. The van der Waals surface area contributed by atoms with Gasteiger partial charge in [-0.3, -0.25) is 14.9 Å². The highest BCUT2D eigenvalue weighted by molar-refractivity contribution is 9.10. The molecule has 0 atom stereocenters. The van der Waals surface area contributed by atoms with Gasteiger partial charge in [-0.25, -0.2) is 9.69 Å². The molecule has 0 saturated carbocycles. The fraction of sp³-hybridized carbons (Fsp3) is 0.190. The summed E-state index contributed by atoms with van der Waals surface area (Å²) in [6.45, 7) is 4.28. The fourth-order valence-corrected chi connectivity index (χ4v) is 3.87. The number of halogens is 2. The molecule has 1 aliphatic rings. The summed E-state index contributed by atoms with van der Waals surface area (Å²) in [4.78, 5) is 38.5. The van der Waals surface area contributed by atoms with E-state index in [1.54, 1.807) is 24.3 Å². The Morgan fingerprint density at radius 3 is 2.41 bits per heavy atom. The van der Waals surface area contributed by atoms with Gasteiger partial charge in [-0.15, -0.1) is 0 Å². The van der Waals surface area contributed by atoms with Crippen LogP contribution in [0.4, 0.5) is 10.5 Å². The van der Waals surface area contributed by atoms with Gasteiger partial charge >= 0.3 is 6.03 Å². The third kappa shape index (κ3) is 4.36. The Kier molecular flexibility index (Phi) is 6.39. The number of imide groups is 2. The summed E-state index contributed by atoms with van der Waals surface area (Å²) in [6.07, 6.45) is 2.22. The maximum Gasteiger partial charge on any atom is 0.335 e. The molecular formula is C21H18BrClN2O4. The first-order valence-electron chi connectivity index (χ1n) is 8.98. The smallest absolute Gasteiger partial charge is 0.335 e. The first-order chi connectivity index (χ1) is 13.8. The number of hydrogen-bond donors (Lipinski definition) is 1. The highest BCUT2D eigenvalue weighted by atomic mass is 79.9. The number of aryl methyl sites for hydroxylation is 1. The SMILES string of the molecule is CCOc1c(Cl)cc(/C=C2/C(=O)NC(=O)N(c3ccc(CC)cc3)C2=O)cc1Br. The Morgan fingerprint density at radius 1 is 1.14 bits per heavy atom. The van der Waals surface area contributed by atoms with Crippen LogP contribution in [0.15, 0.2) is 46.4 Å². The molecule has 0 spiro atoms. The van der Waals surface area contributed by atoms with E-state index < -0.39 is 17.8 Å². The molecule has 2 aromatic carbocycles. The van der Waals surface area contributed by atoms with Crippen molar-refractivity contribution in [2.45, 2.75) is 20.3 Å². The standard InChI is InChI=1S/C21H18BrClN2O4/c1-3-12-5-7-14(8-6-12)25-20(27)15(19(26)24-21(25)28)9-13-10-16(22)18(29-4-2)17(23)11-13/h5-11H,3-4H2,1-2H3,(H,24,26,28)/b15-9-. The normalized spacial score (nSPS) is 15.7. The molecule has 29 heavy (non-hydrogen) atoms. The predicted octanol–water partition coefficient (Wildman–Crippen LogP) is 4.73. The molecule has 0 radical (unpaired) electrons. The molecular weight excluding hydrogens is 460 g/mol. The van der Waals surface area contributed by atoms with Crippen LogP contribution in [0.25, 0.3) is 6.08 Å².